The normalized spacial score (nSPS) is 10.6. The predicted octanol–water partition coefficient (Wildman–Crippen LogP) is 2.20. The van der Waals surface area contributed by atoms with Crippen LogP contribution in [0.4, 0.5) is 5.69 Å². The van der Waals surface area contributed by atoms with Gasteiger partial charge in [0, 0.05) is 6.07 Å². The molecule has 4 heteroatoms. The molecule has 0 radical (unpaired) electrons. The third kappa shape index (κ3) is 1.33. The van der Waals surface area contributed by atoms with Crippen molar-refractivity contribution in [2.24, 2.45) is 0 Å². The molecule has 0 saturated heterocycles. The van der Waals surface area contributed by atoms with Crippen molar-refractivity contribution in [2.75, 3.05) is 12.8 Å². The number of aromatic nitrogens is 1. The summed E-state index contributed by atoms with van der Waals surface area (Å²) in [6, 6.07) is 3.77. The molecular formula is C9H10N2OS. The summed E-state index contributed by atoms with van der Waals surface area (Å²) in [5.41, 5.74) is 7.33. The lowest BCUT2D eigenvalue weighted by Crippen LogP contribution is -1.91. The van der Waals surface area contributed by atoms with Crippen LogP contribution in [-0.4, -0.2) is 12.1 Å². The third-order valence-electron chi connectivity index (χ3n) is 1.85. The molecule has 0 aliphatic rings. The highest BCUT2D eigenvalue weighted by Crippen LogP contribution is 2.30. The number of ether oxygens (including phenoxy) is 1. The van der Waals surface area contributed by atoms with Gasteiger partial charge in [-0.2, -0.15) is 0 Å². The van der Waals surface area contributed by atoms with Crippen molar-refractivity contribution in [1.82, 2.24) is 4.98 Å². The molecule has 3 nitrogen and oxygen atoms in total. The highest BCUT2D eigenvalue weighted by molar-refractivity contribution is 7.18. The van der Waals surface area contributed by atoms with Gasteiger partial charge in [0.25, 0.3) is 0 Å². The van der Waals surface area contributed by atoms with Crippen molar-refractivity contribution in [2.45, 2.75) is 6.92 Å². The lowest BCUT2D eigenvalue weighted by molar-refractivity contribution is 0.417. The summed E-state index contributed by atoms with van der Waals surface area (Å²) in [7, 11) is 1.62. The fraction of sp³-hybridized carbons (Fsp3) is 0.222. The maximum Gasteiger partial charge on any atom is 0.143 e. The van der Waals surface area contributed by atoms with Crippen molar-refractivity contribution >= 4 is 27.2 Å². The number of anilines is 1. The van der Waals surface area contributed by atoms with Gasteiger partial charge in [0.1, 0.15) is 5.75 Å². The summed E-state index contributed by atoms with van der Waals surface area (Å²) < 4.78 is 6.23. The molecule has 0 bridgehead atoms. The zero-order chi connectivity index (χ0) is 9.42. The molecule has 2 rings (SSSR count). The molecule has 2 N–H and O–H groups in total. The molecule has 1 aromatic heterocycles. The Morgan fingerprint density at radius 2 is 2.23 bits per heavy atom. The molecule has 0 saturated carbocycles. The van der Waals surface area contributed by atoms with E-state index in [2.05, 4.69) is 4.98 Å². The molecule has 0 unspecified atom stereocenters. The Labute approximate surface area is 80.2 Å². The van der Waals surface area contributed by atoms with Crippen LogP contribution in [0.3, 0.4) is 0 Å². The van der Waals surface area contributed by atoms with Gasteiger partial charge in [0.2, 0.25) is 0 Å². The SMILES string of the molecule is COc1cc2sc(C)nc2cc1N. The maximum absolute atomic E-state index is 5.75. The molecule has 1 aromatic carbocycles. The summed E-state index contributed by atoms with van der Waals surface area (Å²) in [6.07, 6.45) is 0. The van der Waals surface area contributed by atoms with Gasteiger partial charge in [0.15, 0.2) is 0 Å². The summed E-state index contributed by atoms with van der Waals surface area (Å²) >= 11 is 1.64. The fourth-order valence-corrected chi connectivity index (χ4v) is 2.10. The number of hydrogen-bond acceptors (Lipinski definition) is 4. The van der Waals surface area contributed by atoms with Gasteiger partial charge in [-0.1, -0.05) is 0 Å². The smallest absolute Gasteiger partial charge is 0.143 e. The van der Waals surface area contributed by atoms with Crippen molar-refractivity contribution in [1.29, 1.82) is 0 Å². The molecule has 0 fully saturated rings. The van der Waals surface area contributed by atoms with Gasteiger partial charge in [-0.25, -0.2) is 4.98 Å². The number of rotatable bonds is 1. The fourth-order valence-electron chi connectivity index (χ4n) is 1.26. The molecule has 2 aromatic rings. The molecule has 1 heterocycles. The van der Waals surface area contributed by atoms with E-state index in [1.54, 1.807) is 18.4 Å². The lowest BCUT2D eigenvalue weighted by Gasteiger charge is -2.02. The van der Waals surface area contributed by atoms with Crippen LogP contribution < -0.4 is 10.5 Å². The molecule has 0 aliphatic heterocycles. The van der Waals surface area contributed by atoms with Crippen LogP contribution in [0.2, 0.25) is 0 Å². The molecule has 0 aliphatic carbocycles. The standard InChI is InChI=1S/C9H10N2OS/c1-5-11-7-3-6(10)8(12-2)4-9(7)13-5/h3-4H,10H2,1-2H3. The Kier molecular flexibility index (Phi) is 1.84. The number of hydrogen-bond donors (Lipinski definition) is 1. The largest absolute Gasteiger partial charge is 0.495 e. The number of nitrogen functional groups attached to an aromatic ring is 1. The molecule has 13 heavy (non-hydrogen) atoms. The Bertz CT molecular complexity index is 450. The first-order valence-corrected chi connectivity index (χ1v) is 4.73. The van der Waals surface area contributed by atoms with Crippen molar-refractivity contribution in [3.63, 3.8) is 0 Å². The van der Waals surface area contributed by atoms with E-state index in [1.807, 2.05) is 19.1 Å². The second-order valence-electron chi connectivity index (χ2n) is 2.79. The van der Waals surface area contributed by atoms with Crippen molar-refractivity contribution in [3.8, 4) is 5.75 Å². The number of benzene rings is 1. The summed E-state index contributed by atoms with van der Waals surface area (Å²) in [6.45, 7) is 1.98. The maximum atomic E-state index is 5.75. The summed E-state index contributed by atoms with van der Waals surface area (Å²) in [4.78, 5) is 4.33. The van der Waals surface area contributed by atoms with Crippen LogP contribution in [0.25, 0.3) is 10.2 Å². The van der Waals surface area contributed by atoms with Gasteiger partial charge < -0.3 is 10.5 Å². The Morgan fingerprint density at radius 1 is 1.46 bits per heavy atom. The number of aryl methyl sites for hydroxylation is 1. The number of nitrogens with zero attached hydrogens (tertiary/aromatic N) is 1. The minimum Gasteiger partial charge on any atom is -0.495 e. The minimum absolute atomic E-state index is 0.639. The van der Waals surface area contributed by atoms with Gasteiger partial charge in [-0.05, 0) is 13.0 Å². The van der Waals surface area contributed by atoms with E-state index in [0.29, 0.717) is 5.69 Å². The average molecular weight is 194 g/mol. The van der Waals surface area contributed by atoms with Crippen LogP contribution in [-0.2, 0) is 0 Å². The monoisotopic (exact) mass is 194 g/mol. The second-order valence-corrected chi connectivity index (χ2v) is 4.03. The highest BCUT2D eigenvalue weighted by atomic mass is 32.1. The predicted molar refractivity (Wildman–Crippen MR) is 55.3 cm³/mol. The number of thiazole rings is 1. The molecule has 0 amide bonds. The third-order valence-corrected chi connectivity index (χ3v) is 2.78. The molecule has 0 atom stereocenters. The lowest BCUT2D eigenvalue weighted by atomic mass is 10.3. The van der Waals surface area contributed by atoms with E-state index >= 15 is 0 Å². The van der Waals surface area contributed by atoms with Crippen LogP contribution in [0.1, 0.15) is 5.01 Å². The van der Waals surface area contributed by atoms with Gasteiger partial charge in [0.05, 0.1) is 28.0 Å². The zero-order valence-electron chi connectivity index (χ0n) is 7.50. The van der Waals surface area contributed by atoms with Crippen LogP contribution in [0.5, 0.6) is 5.75 Å². The first kappa shape index (κ1) is 8.31. The highest BCUT2D eigenvalue weighted by Gasteiger charge is 2.05. The van der Waals surface area contributed by atoms with Gasteiger partial charge >= 0.3 is 0 Å². The van der Waals surface area contributed by atoms with E-state index < -0.39 is 0 Å². The van der Waals surface area contributed by atoms with E-state index in [0.717, 1.165) is 21.0 Å². The Morgan fingerprint density at radius 3 is 2.92 bits per heavy atom. The van der Waals surface area contributed by atoms with Crippen LogP contribution in [0, 0.1) is 6.92 Å². The average Bonchev–Trinajstić information content (AvgIpc) is 2.42. The topological polar surface area (TPSA) is 48.1 Å². The van der Waals surface area contributed by atoms with Crippen molar-refractivity contribution < 1.29 is 4.74 Å². The zero-order valence-corrected chi connectivity index (χ0v) is 8.31. The van der Waals surface area contributed by atoms with Gasteiger partial charge in [-0.15, -0.1) is 11.3 Å². The van der Waals surface area contributed by atoms with Crippen LogP contribution >= 0.6 is 11.3 Å². The van der Waals surface area contributed by atoms with E-state index in [4.69, 9.17) is 10.5 Å². The van der Waals surface area contributed by atoms with Crippen LogP contribution in [0.15, 0.2) is 12.1 Å². The summed E-state index contributed by atoms with van der Waals surface area (Å²) in [5.74, 6) is 0.719. The Balaban J connectivity index is 2.72. The first-order chi connectivity index (χ1) is 6.20. The minimum atomic E-state index is 0.639. The van der Waals surface area contributed by atoms with E-state index in [-0.39, 0.29) is 0 Å². The first-order valence-electron chi connectivity index (χ1n) is 3.91. The molecule has 0 spiro atoms. The van der Waals surface area contributed by atoms with Crippen molar-refractivity contribution in [3.05, 3.63) is 17.1 Å². The number of methoxy groups -OCH3 is 1. The number of nitrogens with two attached hydrogens (primary N) is 1. The molecular weight excluding hydrogens is 184 g/mol. The summed E-state index contributed by atoms with van der Waals surface area (Å²) in [5, 5.41) is 1.04. The second kappa shape index (κ2) is 2.88. The number of fused-ring (bicyclic) bond motifs is 1. The molecule has 68 valence electrons. The Hall–Kier alpha value is -1.29. The van der Waals surface area contributed by atoms with Gasteiger partial charge in [-0.3, -0.25) is 0 Å². The van der Waals surface area contributed by atoms with E-state index in [1.165, 1.54) is 0 Å². The van der Waals surface area contributed by atoms with E-state index in [9.17, 15) is 0 Å². The quantitative estimate of drug-likeness (QED) is 0.708.